The summed E-state index contributed by atoms with van der Waals surface area (Å²) in [6.45, 7) is 7.24. The summed E-state index contributed by atoms with van der Waals surface area (Å²) in [5.41, 5.74) is 2.69. The molecule has 3 nitrogen and oxygen atoms in total. The molecule has 1 N–H and O–H groups in total. The first-order valence-corrected chi connectivity index (χ1v) is 7.80. The largest absolute Gasteiger partial charge is 0.481 e. The van der Waals surface area contributed by atoms with Crippen molar-refractivity contribution >= 4 is 5.97 Å². The molecule has 1 aliphatic rings. The smallest absolute Gasteiger partial charge is 0.306 e. The quantitative estimate of drug-likeness (QED) is 0.906. The molecule has 0 aliphatic heterocycles. The van der Waals surface area contributed by atoms with Crippen molar-refractivity contribution in [3.8, 4) is 0 Å². The van der Waals surface area contributed by atoms with Crippen molar-refractivity contribution in [1.29, 1.82) is 0 Å². The first-order valence-electron chi connectivity index (χ1n) is 7.80. The summed E-state index contributed by atoms with van der Waals surface area (Å²) in [6, 6.07) is 8.59. The first-order chi connectivity index (χ1) is 9.86. The fourth-order valence-electron chi connectivity index (χ4n) is 2.79. The Kier molecular flexibility index (Phi) is 5.04. The van der Waals surface area contributed by atoms with Crippen molar-refractivity contribution in [2.45, 2.75) is 64.6 Å². The minimum absolute atomic E-state index is 0.170. The summed E-state index contributed by atoms with van der Waals surface area (Å²) in [5.74, 6) is -0.831. The number of aliphatic carboxylic acids is 1. The lowest BCUT2D eigenvalue weighted by Gasteiger charge is -2.26. The number of carboxylic acid groups (broad SMARTS) is 1. The van der Waals surface area contributed by atoms with Gasteiger partial charge in [0.1, 0.15) is 0 Å². The molecule has 0 radical (unpaired) electrons. The Morgan fingerprint density at radius 1 is 1.14 bits per heavy atom. The predicted octanol–water partition coefficient (Wildman–Crippen LogP) is 4.14. The van der Waals surface area contributed by atoms with Crippen LogP contribution in [0.2, 0.25) is 0 Å². The van der Waals surface area contributed by atoms with Gasteiger partial charge in [-0.1, -0.05) is 45.0 Å². The van der Waals surface area contributed by atoms with E-state index in [2.05, 4.69) is 45.0 Å². The summed E-state index contributed by atoms with van der Waals surface area (Å²) in [4.78, 5) is 10.9. The van der Waals surface area contributed by atoms with Gasteiger partial charge in [0, 0.05) is 0 Å². The van der Waals surface area contributed by atoms with Gasteiger partial charge >= 0.3 is 5.97 Å². The second-order valence-electron chi connectivity index (χ2n) is 7.07. The molecule has 116 valence electrons. The number of ether oxygens (including phenoxy) is 1. The van der Waals surface area contributed by atoms with Gasteiger partial charge in [-0.3, -0.25) is 4.79 Å². The van der Waals surface area contributed by atoms with Crippen LogP contribution in [0, 0.1) is 5.92 Å². The summed E-state index contributed by atoms with van der Waals surface area (Å²) < 4.78 is 5.93. The normalized spacial score (nSPS) is 23.0. The van der Waals surface area contributed by atoms with E-state index in [1.54, 1.807) is 0 Å². The van der Waals surface area contributed by atoms with Gasteiger partial charge in [0.2, 0.25) is 0 Å². The molecule has 0 heterocycles. The van der Waals surface area contributed by atoms with Crippen molar-refractivity contribution in [1.82, 2.24) is 0 Å². The average Bonchev–Trinajstić information content (AvgIpc) is 2.45. The van der Waals surface area contributed by atoms with Crippen LogP contribution in [0.3, 0.4) is 0 Å². The molecule has 1 aliphatic carbocycles. The minimum Gasteiger partial charge on any atom is -0.481 e. The second kappa shape index (κ2) is 6.61. The zero-order valence-corrected chi connectivity index (χ0v) is 13.3. The Labute approximate surface area is 127 Å². The van der Waals surface area contributed by atoms with Gasteiger partial charge in [-0.25, -0.2) is 0 Å². The van der Waals surface area contributed by atoms with Gasteiger partial charge in [0.15, 0.2) is 0 Å². The third-order valence-corrected chi connectivity index (χ3v) is 4.33. The van der Waals surface area contributed by atoms with Gasteiger partial charge < -0.3 is 9.84 Å². The number of carboxylic acids is 1. The number of benzene rings is 1. The van der Waals surface area contributed by atoms with Crippen molar-refractivity contribution < 1.29 is 14.6 Å². The Morgan fingerprint density at radius 3 is 2.19 bits per heavy atom. The molecule has 0 bridgehead atoms. The number of hydrogen-bond acceptors (Lipinski definition) is 2. The van der Waals surface area contributed by atoms with Crippen LogP contribution in [0.15, 0.2) is 24.3 Å². The van der Waals surface area contributed by atoms with Crippen LogP contribution in [0.5, 0.6) is 0 Å². The van der Waals surface area contributed by atoms with Gasteiger partial charge in [-0.15, -0.1) is 0 Å². The number of carbonyl (C=O) groups is 1. The SMILES string of the molecule is CC(C)(C)c1ccc(COC2CCC(C(=O)O)CC2)cc1. The molecule has 3 heteroatoms. The molecule has 21 heavy (non-hydrogen) atoms. The predicted molar refractivity (Wildman–Crippen MR) is 83.3 cm³/mol. The Hall–Kier alpha value is -1.35. The summed E-state index contributed by atoms with van der Waals surface area (Å²) in [5, 5.41) is 8.98. The van der Waals surface area contributed by atoms with E-state index in [0.29, 0.717) is 6.61 Å². The van der Waals surface area contributed by atoms with Gasteiger partial charge in [0.05, 0.1) is 18.6 Å². The Bertz CT molecular complexity index is 462. The molecule has 0 aromatic heterocycles. The zero-order chi connectivity index (χ0) is 15.5. The van der Waals surface area contributed by atoms with Crippen LogP contribution >= 0.6 is 0 Å². The van der Waals surface area contributed by atoms with Crippen LogP contribution in [-0.4, -0.2) is 17.2 Å². The molecule has 1 fully saturated rings. The topological polar surface area (TPSA) is 46.5 Å². The van der Waals surface area contributed by atoms with Crippen molar-refractivity contribution in [3.05, 3.63) is 35.4 Å². The molecule has 2 rings (SSSR count). The molecule has 0 saturated heterocycles. The van der Waals surface area contributed by atoms with E-state index in [0.717, 1.165) is 25.7 Å². The van der Waals surface area contributed by atoms with Crippen LogP contribution in [0.25, 0.3) is 0 Å². The lowest BCUT2D eigenvalue weighted by Crippen LogP contribution is -2.25. The first kappa shape index (κ1) is 16.0. The minimum atomic E-state index is -0.661. The molecular weight excluding hydrogens is 264 g/mol. The molecule has 0 unspecified atom stereocenters. The fraction of sp³-hybridized carbons (Fsp3) is 0.611. The van der Waals surface area contributed by atoms with E-state index in [1.165, 1.54) is 11.1 Å². The highest BCUT2D eigenvalue weighted by atomic mass is 16.5. The van der Waals surface area contributed by atoms with E-state index in [-0.39, 0.29) is 17.4 Å². The zero-order valence-electron chi connectivity index (χ0n) is 13.3. The molecular formula is C18H26O3. The van der Waals surface area contributed by atoms with Crippen LogP contribution in [-0.2, 0) is 21.6 Å². The van der Waals surface area contributed by atoms with E-state index in [4.69, 9.17) is 9.84 Å². The highest BCUT2D eigenvalue weighted by Crippen LogP contribution is 2.27. The maximum absolute atomic E-state index is 10.9. The molecule has 0 atom stereocenters. The van der Waals surface area contributed by atoms with Crippen LogP contribution < -0.4 is 0 Å². The molecule has 1 aromatic carbocycles. The Morgan fingerprint density at radius 2 is 1.71 bits per heavy atom. The summed E-state index contributed by atoms with van der Waals surface area (Å²) in [7, 11) is 0. The number of hydrogen-bond donors (Lipinski definition) is 1. The van der Waals surface area contributed by atoms with Crippen molar-refractivity contribution in [2.24, 2.45) is 5.92 Å². The van der Waals surface area contributed by atoms with Crippen LogP contribution in [0.1, 0.15) is 57.6 Å². The fourth-order valence-corrected chi connectivity index (χ4v) is 2.79. The van der Waals surface area contributed by atoms with E-state index in [1.807, 2.05) is 0 Å². The van der Waals surface area contributed by atoms with E-state index in [9.17, 15) is 4.79 Å². The summed E-state index contributed by atoms with van der Waals surface area (Å²) in [6.07, 6.45) is 3.41. The molecule has 1 aromatic rings. The maximum atomic E-state index is 10.9. The molecule has 0 amide bonds. The van der Waals surface area contributed by atoms with Gasteiger partial charge in [0.25, 0.3) is 0 Å². The van der Waals surface area contributed by atoms with Crippen molar-refractivity contribution in [2.75, 3.05) is 0 Å². The number of rotatable bonds is 4. The molecule has 1 saturated carbocycles. The van der Waals surface area contributed by atoms with E-state index < -0.39 is 5.97 Å². The maximum Gasteiger partial charge on any atom is 0.306 e. The standard InChI is InChI=1S/C18H26O3/c1-18(2,3)15-8-4-13(5-9-15)12-21-16-10-6-14(7-11-16)17(19)20/h4-5,8-9,14,16H,6-7,10-12H2,1-3H3,(H,19,20). The van der Waals surface area contributed by atoms with E-state index >= 15 is 0 Å². The highest BCUT2D eigenvalue weighted by Gasteiger charge is 2.26. The molecule has 0 spiro atoms. The van der Waals surface area contributed by atoms with Crippen LogP contribution in [0.4, 0.5) is 0 Å². The third kappa shape index (κ3) is 4.57. The lowest BCUT2D eigenvalue weighted by molar-refractivity contribution is -0.143. The highest BCUT2D eigenvalue weighted by molar-refractivity contribution is 5.70. The lowest BCUT2D eigenvalue weighted by atomic mass is 9.86. The monoisotopic (exact) mass is 290 g/mol. The van der Waals surface area contributed by atoms with Crippen molar-refractivity contribution in [3.63, 3.8) is 0 Å². The third-order valence-electron chi connectivity index (χ3n) is 4.33. The Balaban J connectivity index is 1.80. The van der Waals surface area contributed by atoms with Gasteiger partial charge in [-0.05, 0) is 42.2 Å². The summed E-state index contributed by atoms with van der Waals surface area (Å²) >= 11 is 0. The average molecular weight is 290 g/mol. The van der Waals surface area contributed by atoms with Gasteiger partial charge in [-0.2, -0.15) is 0 Å². The second-order valence-corrected chi connectivity index (χ2v) is 7.07.